The molecule has 124 valence electrons. The molecule has 1 aliphatic heterocycles. The number of ether oxygens (including phenoxy) is 1. The van der Waals surface area contributed by atoms with Crippen LogP contribution in [0.4, 0.5) is 0 Å². The minimum absolute atomic E-state index is 0.0464. The third-order valence-corrected chi connectivity index (χ3v) is 5.72. The highest BCUT2D eigenvalue weighted by molar-refractivity contribution is 8.00. The van der Waals surface area contributed by atoms with Gasteiger partial charge in [-0.1, -0.05) is 60.3 Å². The fraction of sp³-hybridized carbons (Fsp3) is 0.0952. The van der Waals surface area contributed by atoms with E-state index in [1.165, 1.54) is 0 Å². The van der Waals surface area contributed by atoms with Crippen LogP contribution in [0.2, 0.25) is 0 Å². The molecule has 3 nitrogen and oxygen atoms in total. The van der Waals surface area contributed by atoms with Crippen molar-refractivity contribution in [1.29, 1.82) is 0 Å². The average molecular weight is 347 g/mol. The van der Waals surface area contributed by atoms with Gasteiger partial charge in [0.15, 0.2) is 0 Å². The zero-order valence-electron chi connectivity index (χ0n) is 13.7. The summed E-state index contributed by atoms with van der Waals surface area (Å²) in [7, 11) is 1.65. The van der Waals surface area contributed by atoms with E-state index in [1.54, 1.807) is 18.9 Å². The van der Waals surface area contributed by atoms with Gasteiger partial charge in [0, 0.05) is 16.0 Å². The smallest absolute Gasteiger partial charge is 0.253 e. The third kappa shape index (κ3) is 2.68. The number of nitrogens with one attached hydrogen (secondary N) is 1. The summed E-state index contributed by atoms with van der Waals surface area (Å²) in [6.07, 6.45) is 0. The van der Waals surface area contributed by atoms with Gasteiger partial charge < -0.3 is 10.1 Å². The molecular weight excluding hydrogens is 330 g/mol. The molecule has 0 aliphatic carbocycles. The highest BCUT2D eigenvalue weighted by Gasteiger charge is 2.45. The Hall–Kier alpha value is -2.72. The number of hydrogen-bond acceptors (Lipinski definition) is 3. The van der Waals surface area contributed by atoms with Crippen LogP contribution in [-0.2, 0) is 4.87 Å². The van der Waals surface area contributed by atoms with Crippen molar-refractivity contribution in [3.63, 3.8) is 0 Å². The molecule has 1 heterocycles. The molecule has 0 aromatic heterocycles. The van der Waals surface area contributed by atoms with Crippen molar-refractivity contribution in [2.24, 2.45) is 0 Å². The number of hydrogen-bond donors (Lipinski definition) is 1. The highest BCUT2D eigenvalue weighted by atomic mass is 32.2. The zero-order chi connectivity index (χ0) is 17.3. The minimum atomic E-state index is -0.651. The zero-order valence-corrected chi connectivity index (χ0v) is 14.5. The van der Waals surface area contributed by atoms with Crippen LogP contribution >= 0.6 is 11.8 Å². The Morgan fingerprint density at radius 3 is 2.28 bits per heavy atom. The van der Waals surface area contributed by atoms with E-state index in [9.17, 15) is 4.79 Å². The molecule has 0 fully saturated rings. The van der Waals surface area contributed by atoms with E-state index in [0.717, 1.165) is 27.3 Å². The van der Waals surface area contributed by atoms with E-state index in [2.05, 4.69) is 17.4 Å². The van der Waals surface area contributed by atoms with E-state index in [0.29, 0.717) is 0 Å². The topological polar surface area (TPSA) is 38.3 Å². The number of thioether (sulfide) groups is 1. The molecule has 0 bridgehead atoms. The number of rotatable bonds is 4. The normalized spacial score (nSPS) is 18.5. The van der Waals surface area contributed by atoms with Gasteiger partial charge in [0.1, 0.15) is 10.6 Å². The van der Waals surface area contributed by atoms with E-state index >= 15 is 0 Å². The molecule has 3 aromatic carbocycles. The van der Waals surface area contributed by atoms with Crippen LogP contribution in [0.5, 0.6) is 5.75 Å². The predicted octanol–water partition coefficient (Wildman–Crippen LogP) is 4.43. The largest absolute Gasteiger partial charge is 0.497 e. The Kier molecular flexibility index (Phi) is 3.98. The maximum atomic E-state index is 12.6. The summed E-state index contributed by atoms with van der Waals surface area (Å²) in [4.78, 5) is 13.1. The number of carbonyl (C=O) groups excluding carboxylic acids is 1. The molecule has 0 radical (unpaired) electrons. The van der Waals surface area contributed by atoms with Crippen LogP contribution in [0.25, 0.3) is 0 Å². The van der Waals surface area contributed by atoms with Crippen LogP contribution in [0.15, 0.2) is 83.8 Å². The number of carbonyl (C=O) groups is 1. The number of benzene rings is 3. The molecule has 0 unspecified atom stereocenters. The van der Waals surface area contributed by atoms with Crippen molar-refractivity contribution in [2.75, 3.05) is 7.11 Å². The lowest BCUT2D eigenvalue weighted by molar-refractivity contribution is 0.0956. The van der Waals surface area contributed by atoms with Crippen molar-refractivity contribution in [3.8, 4) is 5.75 Å². The van der Waals surface area contributed by atoms with Gasteiger partial charge in [-0.2, -0.15) is 0 Å². The quantitative estimate of drug-likeness (QED) is 0.759. The second-order valence-electron chi connectivity index (χ2n) is 5.82. The van der Waals surface area contributed by atoms with Crippen molar-refractivity contribution in [1.82, 2.24) is 5.32 Å². The van der Waals surface area contributed by atoms with Crippen LogP contribution < -0.4 is 10.1 Å². The first kappa shape index (κ1) is 15.8. The van der Waals surface area contributed by atoms with Crippen molar-refractivity contribution >= 4 is 17.7 Å². The van der Waals surface area contributed by atoms with E-state index in [4.69, 9.17) is 4.74 Å². The SMILES string of the molecule is COc1ccc([C@]2(Sc3ccccc3)NC(=O)c3ccccc32)cc1. The lowest BCUT2D eigenvalue weighted by Crippen LogP contribution is -2.37. The van der Waals surface area contributed by atoms with Crippen LogP contribution in [0.3, 0.4) is 0 Å². The van der Waals surface area contributed by atoms with E-state index in [-0.39, 0.29) is 5.91 Å². The van der Waals surface area contributed by atoms with E-state index in [1.807, 2.05) is 66.7 Å². The predicted molar refractivity (Wildman–Crippen MR) is 100.0 cm³/mol. The average Bonchev–Trinajstić information content (AvgIpc) is 2.96. The lowest BCUT2D eigenvalue weighted by atomic mass is 9.97. The molecular formula is C21H17NO2S. The minimum Gasteiger partial charge on any atom is -0.497 e. The summed E-state index contributed by atoms with van der Waals surface area (Å²) in [5.74, 6) is 0.746. The standard InChI is InChI=1S/C21H17NO2S/c1-24-16-13-11-15(12-14-16)21(25-17-7-3-2-4-8-17)19-10-6-5-9-18(19)20(23)22-21/h2-14H,1H3,(H,22,23)/t21-/m1/s1. The number of amides is 1. The summed E-state index contributed by atoms with van der Waals surface area (Å²) < 4.78 is 5.28. The van der Waals surface area contributed by atoms with Gasteiger partial charge in [-0.05, 0) is 35.9 Å². The maximum Gasteiger partial charge on any atom is 0.253 e. The summed E-state index contributed by atoms with van der Waals surface area (Å²) in [6.45, 7) is 0. The molecule has 4 rings (SSSR count). The van der Waals surface area contributed by atoms with Gasteiger partial charge in [-0.3, -0.25) is 4.79 Å². The molecule has 3 aromatic rings. The van der Waals surface area contributed by atoms with Crippen molar-refractivity contribution in [3.05, 3.63) is 95.6 Å². The molecule has 25 heavy (non-hydrogen) atoms. The van der Waals surface area contributed by atoms with Crippen molar-refractivity contribution < 1.29 is 9.53 Å². The van der Waals surface area contributed by atoms with Gasteiger partial charge in [-0.25, -0.2) is 0 Å². The number of fused-ring (bicyclic) bond motifs is 1. The van der Waals surface area contributed by atoms with Gasteiger partial charge >= 0.3 is 0 Å². The Morgan fingerprint density at radius 1 is 0.880 bits per heavy atom. The molecule has 4 heteroatoms. The highest BCUT2D eigenvalue weighted by Crippen LogP contribution is 2.49. The second-order valence-corrected chi connectivity index (χ2v) is 7.11. The Morgan fingerprint density at radius 2 is 1.56 bits per heavy atom. The Labute approximate surface area is 151 Å². The van der Waals surface area contributed by atoms with Crippen LogP contribution in [-0.4, -0.2) is 13.0 Å². The Balaban J connectivity index is 1.88. The van der Waals surface area contributed by atoms with Gasteiger partial charge in [0.05, 0.1) is 7.11 Å². The lowest BCUT2D eigenvalue weighted by Gasteiger charge is -2.30. The summed E-state index contributed by atoms with van der Waals surface area (Å²) in [6, 6.07) is 25.8. The summed E-state index contributed by atoms with van der Waals surface area (Å²) >= 11 is 1.64. The fourth-order valence-corrected chi connectivity index (χ4v) is 4.47. The molecule has 0 saturated carbocycles. The van der Waals surface area contributed by atoms with Gasteiger partial charge in [0.25, 0.3) is 5.91 Å². The van der Waals surface area contributed by atoms with Crippen LogP contribution in [0, 0.1) is 0 Å². The van der Waals surface area contributed by atoms with Crippen molar-refractivity contribution in [2.45, 2.75) is 9.77 Å². The molecule has 1 amide bonds. The number of methoxy groups -OCH3 is 1. The molecule has 0 spiro atoms. The van der Waals surface area contributed by atoms with Crippen LogP contribution in [0.1, 0.15) is 21.5 Å². The monoisotopic (exact) mass is 347 g/mol. The second kappa shape index (κ2) is 6.30. The molecule has 1 atom stereocenters. The molecule has 1 aliphatic rings. The Bertz CT molecular complexity index is 909. The first-order chi connectivity index (χ1) is 12.2. The first-order valence-electron chi connectivity index (χ1n) is 8.03. The first-order valence-corrected chi connectivity index (χ1v) is 8.85. The van der Waals surface area contributed by atoms with Gasteiger partial charge in [0.2, 0.25) is 0 Å². The maximum absolute atomic E-state index is 12.6. The summed E-state index contributed by atoms with van der Waals surface area (Å²) in [5.41, 5.74) is 2.72. The molecule has 1 N–H and O–H groups in total. The summed E-state index contributed by atoms with van der Waals surface area (Å²) in [5, 5.41) is 3.22. The van der Waals surface area contributed by atoms with E-state index < -0.39 is 4.87 Å². The van der Waals surface area contributed by atoms with Gasteiger partial charge in [-0.15, -0.1) is 0 Å². The molecule has 0 saturated heterocycles. The fourth-order valence-electron chi connectivity index (χ4n) is 3.14. The third-order valence-electron chi connectivity index (χ3n) is 4.35.